The summed E-state index contributed by atoms with van der Waals surface area (Å²) in [6.45, 7) is 0. The van der Waals surface area contributed by atoms with E-state index in [4.69, 9.17) is 5.21 Å². The molecule has 0 aromatic carbocycles. The Hall–Kier alpha value is -1.36. The minimum Gasteiger partial charge on any atom is -0.469 e. The number of methoxy groups -OCH3 is 1. The molecule has 0 bridgehead atoms. The van der Waals surface area contributed by atoms with Gasteiger partial charge >= 0.3 is 5.97 Å². The van der Waals surface area contributed by atoms with Gasteiger partial charge in [0, 0.05) is 6.42 Å². The van der Waals surface area contributed by atoms with Crippen LogP contribution < -0.4 is 0 Å². The number of carbonyl (C=O) groups is 1. The van der Waals surface area contributed by atoms with Gasteiger partial charge in [-0.2, -0.15) is 0 Å². The number of hydrogen-bond acceptors (Lipinski definition) is 5. The van der Waals surface area contributed by atoms with E-state index < -0.39 is 0 Å². The Morgan fingerprint density at radius 3 is 2.93 bits per heavy atom. The van der Waals surface area contributed by atoms with Gasteiger partial charge in [-0.25, -0.2) is 0 Å². The van der Waals surface area contributed by atoms with Gasteiger partial charge in [-0.15, -0.1) is 11.3 Å². The quantitative estimate of drug-likeness (QED) is 0.359. The molecular weight excluding hydrogens is 202 g/mol. The van der Waals surface area contributed by atoms with Crippen LogP contribution >= 0.6 is 11.3 Å². The molecule has 0 atom stereocenters. The normalized spacial score (nSPS) is 11.4. The highest BCUT2D eigenvalue weighted by Crippen LogP contribution is 2.13. The first kappa shape index (κ1) is 10.7. The first-order valence-corrected chi connectivity index (χ1v) is 4.97. The zero-order valence-electron chi connectivity index (χ0n) is 7.77. The lowest BCUT2D eigenvalue weighted by Crippen LogP contribution is -2.05. The van der Waals surface area contributed by atoms with Crippen LogP contribution in [0.1, 0.15) is 17.7 Å². The number of thiophene rings is 1. The van der Waals surface area contributed by atoms with Crippen molar-refractivity contribution in [3.8, 4) is 0 Å². The summed E-state index contributed by atoms with van der Waals surface area (Å²) in [7, 11) is 1.34. The lowest BCUT2D eigenvalue weighted by atomic mass is 10.2. The van der Waals surface area contributed by atoms with Crippen LogP contribution in [0.25, 0.3) is 0 Å². The molecule has 0 aliphatic heterocycles. The summed E-state index contributed by atoms with van der Waals surface area (Å²) >= 11 is 1.47. The van der Waals surface area contributed by atoms with Crippen LogP contribution in [0.3, 0.4) is 0 Å². The zero-order chi connectivity index (χ0) is 10.4. The molecule has 14 heavy (non-hydrogen) atoms. The van der Waals surface area contributed by atoms with Crippen molar-refractivity contribution in [3.63, 3.8) is 0 Å². The summed E-state index contributed by atoms with van der Waals surface area (Å²) in [5.74, 6) is -0.303. The molecule has 1 aromatic heterocycles. The van der Waals surface area contributed by atoms with Gasteiger partial charge in [-0.05, 0) is 11.4 Å². The number of oxime groups is 1. The predicted molar refractivity (Wildman–Crippen MR) is 53.9 cm³/mol. The fraction of sp³-hybridized carbons (Fsp3) is 0.333. The van der Waals surface area contributed by atoms with E-state index in [0.717, 1.165) is 4.88 Å². The summed E-state index contributed by atoms with van der Waals surface area (Å²) < 4.78 is 4.49. The number of rotatable bonds is 4. The fourth-order valence-electron chi connectivity index (χ4n) is 0.988. The van der Waals surface area contributed by atoms with Gasteiger partial charge in [0.2, 0.25) is 0 Å². The molecular formula is C9H11NO3S. The van der Waals surface area contributed by atoms with Crippen molar-refractivity contribution in [1.82, 2.24) is 0 Å². The van der Waals surface area contributed by atoms with Gasteiger partial charge in [-0.3, -0.25) is 4.79 Å². The minimum absolute atomic E-state index is 0.230. The Labute approximate surface area is 85.8 Å². The molecule has 0 radical (unpaired) electrons. The average Bonchev–Trinajstić information content (AvgIpc) is 2.72. The number of ether oxygens (including phenoxy) is 1. The van der Waals surface area contributed by atoms with Crippen LogP contribution in [0.2, 0.25) is 0 Å². The molecule has 0 fully saturated rings. The number of esters is 1. The third-order valence-electron chi connectivity index (χ3n) is 1.72. The zero-order valence-corrected chi connectivity index (χ0v) is 8.58. The van der Waals surface area contributed by atoms with E-state index >= 15 is 0 Å². The van der Waals surface area contributed by atoms with E-state index in [1.807, 2.05) is 17.5 Å². The highest BCUT2D eigenvalue weighted by molar-refractivity contribution is 7.12. The predicted octanol–water partition coefficient (Wildman–Crippen LogP) is 1.88. The molecule has 76 valence electrons. The standard InChI is InChI=1S/C9H11NO3S/c1-13-9(11)5-4-7(10-12)8-3-2-6-14-8/h2-3,6,12H,4-5H2,1H3. The van der Waals surface area contributed by atoms with Gasteiger partial charge < -0.3 is 9.94 Å². The van der Waals surface area contributed by atoms with Gasteiger partial charge in [0.15, 0.2) is 0 Å². The maximum Gasteiger partial charge on any atom is 0.305 e. The van der Waals surface area contributed by atoms with Crippen LogP contribution in [0.4, 0.5) is 0 Å². The molecule has 0 amide bonds. The van der Waals surface area contributed by atoms with Crippen LogP contribution in [0, 0.1) is 0 Å². The Morgan fingerprint density at radius 1 is 1.64 bits per heavy atom. The highest BCUT2D eigenvalue weighted by Gasteiger charge is 2.08. The minimum atomic E-state index is -0.303. The largest absolute Gasteiger partial charge is 0.469 e. The molecule has 4 nitrogen and oxygen atoms in total. The van der Waals surface area contributed by atoms with Crippen molar-refractivity contribution in [2.24, 2.45) is 5.16 Å². The highest BCUT2D eigenvalue weighted by atomic mass is 32.1. The van der Waals surface area contributed by atoms with Crippen molar-refractivity contribution >= 4 is 23.0 Å². The van der Waals surface area contributed by atoms with Crippen molar-refractivity contribution < 1.29 is 14.7 Å². The van der Waals surface area contributed by atoms with Crippen LogP contribution in [0.15, 0.2) is 22.7 Å². The van der Waals surface area contributed by atoms with Crippen LogP contribution in [-0.4, -0.2) is 24.0 Å². The average molecular weight is 213 g/mol. The fourth-order valence-corrected chi connectivity index (χ4v) is 1.73. The Kier molecular flexibility index (Phi) is 4.12. The first-order chi connectivity index (χ1) is 6.77. The number of hydrogen-bond donors (Lipinski definition) is 1. The summed E-state index contributed by atoms with van der Waals surface area (Å²) in [5, 5.41) is 13.8. The second-order valence-electron chi connectivity index (χ2n) is 2.60. The van der Waals surface area contributed by atoms with Crippen molar-refractivity contribution in [2.75, 3.05) is 7.11 Å². The summed E-state index contributed by atoms with van der Waals surface area (Å²) in [4.78, 5) is 11.7. The van der Waals surface area contributed by atoms with Crippen molar-refractivity contribution in [1.29, 1.82) is 0 Å². The molecule has 0 saturated carbocycles. The van der Waals surface area contributed by atoms with Gasteiger partial charge in [0.1, 0.15) is 0 Å². The van der Waals surface area contributed by atoms with Crippen molar-refractivity contribution in [3.05, 3.63) is 22.4 Å². The van der Waals surface area contributed by atoms with E-state index in [9.17, 15) is 4.79 Å². The van der Waals surface area contributed by atoms with Gasteiger partial charge in [-0.1, -0.05) is 11.2 Å². The van der Waals surface area contributed by atoms with Crippen LogP contribution in [-0.2, 0) is 9.53 Å². The maximum absolute atomic E-state index is 10.8. The second kappa shape index (κ2) is 5.39. The van der Waals surface area contributed by atoms with Crippen molar-refractivity contribution in [2.45, 2.75) is 12.8 Å². The Balaban J connectivity index is 2.54. The lowest BCUT2D eigenvalue weighted by Gasteiger charge is -2.00. The van der Waals surface area contributed by atoms with E-state index in [0.29, 0.717) is 12.1 Å². The van der Waals surface area contributed by atoms with Gasteiger partial charge in [0.05, 0.1) is 24.1 Å². The van der Waals surface area contributed by atoms with Crippen LogP contribution in [0.5, 0.6) is 0 Å². The van der Waals surface area contributed by atoms with E-state index in [-0.39, 0.29) is 12.4 Å². The molecule has 1 aromatic rings. The van der Waals surface area contributed by atoms with E-state index in [2.05, 4.69) is 9.89 Å². The topological polar surface area (TPSA) is 58.9 Å². The molecule has 0 aliphatic rings. The maximum atomic E-state index is 10.8. The Bertz CT molecular complexity index is 319. The molecule has 0 spiro atoms. The molecule has 0 aliphatic carbocycles. The first-order valence-electron chi connectivity index (χ1n) is 4.09. The monoisotopic (exact) mass is 213 g/mol. The second-order valence-corrected chi connectivity index (χ2v) is 3.55. The van der Waals surface area contributed by atoms with Gasteiger partial charge in [0.25, 0.3) is 0 Å². The Morgan fingerprint density at radius 2 is 2.43 bits per heavy atom. The third-order valence-corrected chi connectivity index (χ3v) is 2.64. The summed E-state index contributed by atoms with van der Waals surface area (Å²) in [6, 6.07) is 3.71. The van der Waals surface area contributed by atoms with E-state index in [1.54, 1.807) is 0 Å². The molecule has 0 saturated heterocycles. The molecule has 1 rings (SSSR count). The molecule has 5 heteroatoms. The number of nitrogens with zero attached hydrogens (tertiary/aromatic N) is 1. The summed E-state index contributed by atoms with van der Waals surface area (Å²) in [6.07, 6.45) is 0.622. The smallest absolute Gasteiger partial charge is 0.305 e. The summed E-state index contributed by atoms with van der Waals surface area (Å²) in [5.41, 5.74) is 0.519. The lowest BCUT2D eigenvalue weighted by molar-refractivity contribution is -0.140. The SMILES string of the molecule is COC(=O)CCC(=NO)c1cccs1. The molecule has 0 unspecified atom stereocenters. The third kappa shape index (κ3) is 2.85. The molecule has 1 heterocycles. The molecule has 1 N–H and O–H groups in total. The van der Waals surface area contributed by atoms with E-state index in [1.165, 1.54) is 18.4 Å². The number of carbonyl (C=O) groups excluding carboxylic acids is 1.